The fourth-order valence-corrected chi connectivity index (χ4v) is 3.30. The molecule has 1 N–H and O–H groups in total. The highest BCUT2D eigenvalue weighted by molar-refractivity contribution is 7.99. The van der Waals surface area contributed by atoms with Crippen molar-refractivity contribution in [2.45, 2.75) is 18.9 Å². The van der Waals surface area contributed by atoms with Crippen LogP contribution in [0.2, 0.25) is 0 Å². The molecular weight excluding hydrogens is 374 g/mol. The molecule has 144 valence electrons. The number of nitrogens with one attached hydrogen (secondary N) is 1. The van der Waals surface area contributed by atoms with E-state index in [0.29, 0.717) is 11.4 Å². The number of hydrogen-bond donors (Lipinski definition) is 1. The number of methoxy groups -OCH3 is 1. The van der Waals surface area contributed by atoms with Crippen LogP contribution in [0.3, 0.4) is 0 Å². The van der Waals surface area contributed by atoms with Crippen molar-refractivity contribution in [3.63, 3.8) is 0 Å². The van der Waals surface area contributed by atoms with Gasteiger partial charge in [-0.1, -0.05) is 23.9 Å². The highest BCUT2D eigenvalue weighted by Crippen LogP contribution is 2.18. The third-order valence-electron chi connectivity index (χ3n) is 4.27. The van der Waals surface area contributed by atoms with Crippen LogP contribution in [-0.4, -0.2) is 28.3 Å². The number of anilines is 1. The standard InChI is InChI=1S/C21H21N3O3S/c1-14-7-8-17(11-15(14)2)24-10-9-22-20(21(24)26)28-13-19(25)23-16-5-4-6-18(12-16)27-3/h4-12H,13H2,1-3H3,(H,23,25). The monoisotopic (exact) mass is 395 g/mol. The lowest BCUT2D eigenvalue weighted by Crippen LogP contribution is -2.22. The van der Waals surface area contributed by atoms with Gasteiger partial charge >= 0.3 is 0 Å². The zero-order valence-corrected chi connectivity index (χ0v) is 16.7. The van der Waals surface area contributed by atoms with E-state index >= 15 is 0 Å². The Hall–Kier alpha value is -3.06. The molecule has 0 aliphatic heterocycles. The average Bonchev–Trinajstić information content (AvgIpc) is 2.69. The van der Waals surface area contributed by atoms with Crippen molar-refractivity contribution >= 4 is 23.4 Å². The van der Waals surface area contributed by atoms with Gasteiger partial charge in [0.05, 0.1) is 12.9 Å². The minimum Gasteiger partial charge on any atom is -0.497 e. The summed E-state index contributed by atoms with van der Waals surface area (Å²) in [5, 5.41) is 3.07. The number of rotatable bonds is 6. The number of aromatic nitrogens is 2. The molecule has 28 heavy (non-hydrogen) atoms. The van der Waals surface area contributed by atoms with Crippen molar-refractivity contribution < 1.29 is 9.53 Å². The largest absolute Gasteiger partial charge is 0.497 e. The minimum atomic E-state index is -0.245. The number of carbonyl (C=O) groups is 1. The highest BCUT2D eigenvalue weighted by Gasteiger charge is 2.11. The minimum absolute atomic E-state index is 0.0798. The summed E-state index contributed by atoms with van der Waals surface area (Å²) in [6, 6.07) is 12.9. The topological polar surface area (TPSA) is 73.2 Å². The van der Waals surface area contributed by atoms with Crippen LogP contribution in [0.15, 0.2) is 64.7 Å². The van der Waals surface area contributed by atoms with Crippen LogP contribution in [0.5, 0.6) is 5.75 Å². The van der Waals surface area contributed by atoms with Gasteiger partial charge in [0.1, 0.15) is 5.75 Å². The number of hydrogen-bond acceptors (Lipinski definition) is 5. The second kappa shape index (κ2) is 8.75. The number of benzene rings is 2. The van der Waals surface area contributed by atoms with Gasteiger partial charge in [0.25, 0.3) is 5.56 Å². The summed E-state index contributed by atoms with van der Waals surface area (Å²) < 4.78 is 6.69. The second-order valence-electron chi connectivity index (χ2n) is 6.24. The summed E-state index contributed by atoms with van der Waals surface area (Å²) >= 11 is 1.11. The average molecular weight is 395 g/mol. The molecule has 0 saturated heterocycles. The van der Waals surface area contributed by atoms with E-state index < -0.39 is 0 Å². The molecule has 7 heteroatoms. The zero-order valence-electron chi connectivity index (χ0n) is 15.9. The molecule has 1 heterocycles. The van der Waals surface area contributed by atoms with Crippen molar-refractivity contribution in [2.75, 3.05) is 18.2 Å². The Kier molecular flexibility index (Phi) is 6.16. The maximum atomic E-state index is 12.8. The molecule has 2 aromatic carbocycles. The fourth-order valence-electron chi connectivity index (χ4n) is 2.60. The van der Waals surface area contributed by atoms with Gasteiger partial charge in [-0.3, -0.25) is 14.2 Å². The van der Waals surface area contributed by atoms with E-state index in [1.807, 2.05) is 32.0 Å². The molecule has 1 aromatic heterocycles. The molecule has 3 rings (SSSR count). The fraction of sp³-hybridized carbons (Fsp3) is 0.190. The molecule has 3 aromatic rings. The van der Waals surface area contributed by atoms with E-state index in [0.717, 1.165) is 28.6 Å². The molecular formula is C21H21N3O3S. The third kappa shape index (κ3) is 4.61. The number of nitrogens with zero attached hydrogens (tertiary/aromatic N) is 2. The zero-order chi connectivity index (χ0) is 20.1. The number of thioether (sulfide) groups is 1. The summed E-state index contributed by atoms with van der Waals surface area (Å²) in [6.45, 7) is 4.03. The van der Waals surface area contributed by atoms with E-state index in [1.165, 1.54) is 0 Å². The molecule has 1 amide bonds. The Bertz CT molecular complexity index is 1060. The lowest BCUT2D eigenvalue weighted by molar-refractivity contribution is -0.113. The van der Waals surface area contributed by atoms with Crippen LogP contribution in [0.1, 0.15) is 11.1 Å². The molecule has 0 atom stereocenters. The Morgan fingerprint density at radius 2 is 2.00 bits per heavy atom. The second-order valence-corrected chi connectivity index (χ2v) is 7.21. The molecule has 0 saturated carbocycles. The van der Waals surface area contributed by atoms with Crippen LogP contribution < -0.4 is 15.6 Å². The smallest absolute Gasteiger partial charge is 0.287 e. The van der Waals surface area contributed by atoms with Crippen LogP contribution in [-0.2, 0) is 4.79 Å². The summed E-state index contributed by atoms with van der Waals surface area (Å²) in [5.74, 6) is 0.517. The van der Waals surface area contributed by atoms with Crippen LogP contribution in [0, 0.1) is 13.8 Å². The van der Waals surface area contributed by atoms with Gasteiger partial charge in [-0.05, 0) is 49.2 Å². The molecule has 0 radical (unpaired) electrons. The molecule has 0 aliphatic rings. The first-order valence-corrected chi connectivity index (χ1v) is 9.68. The number of amides is 1. The summed E-state index contributed by atoms with van der Waals surface area (Å²) in [6.07, 6.45) is 3.20. The number of ether oxygens (including phenoxy) is 1. The SMILES string of the molecule is COc1cccc(NC(=O)CSc2nccn(-c3ccc(C)c(C)c3)c2=O)c1. The first-order chi connectivity index (χ1) is 13.5. The molecule has 0 aliphatic carbocycles. The Labute approximate surface area is 167 Å². The van der Waals surface area contributed by atoms with Crippen LogP contribution >= 0.6 is 11.8 Å². The first-order valence-electron chi connectivity index (χ1n) is 8.70. The Morgan fingerprint density at radius 3 is 2.75 bits per heavy atom. The first kappa shape index (κ1) is 19.7. The van der Waals surface area contributed by atoms with E-state index in [4.69, 9.17) is 4.74 Å². The number of aryl methyl sites for hydroxylation is 2. The molecule has 6 nitrogen and oxygen atoms in total. The predicted octanol–water partition coefficient (Wildman–Crippen LogP) is 3.59. The van der Waals surface area contributed by atoms with E-state index in [9.17, 15) is 9.59 Å². The quantitative estimate of drug-likeness (QED) is 0.646. The number of carbonyl (C=O) groups excluding carboxylic acids is 1. The molecule has 0 spiro atoms. The lowest BCUT2D eigenvalue weighted by Gasteiger charge is -2.10. The van der Waals surface area contributed by atoms with E-state index in [2.05, 4.69) is 10.3 Å². The van der Waals surface area contributed by atoms with Gasteiger partial charge in [0.15, 0.2) is 5.03 Å². The van der Waals surface area contributed by atoms with Gasteiger partial charge in [0.2, 0.25) is 5.91 Å². The predicted molar refractivity (Wildman–Crippen MR) is 112 cm³/mol. The highest BCUT2D eigenvalue weighted by atomic mass is 32.2. The normalized spacial score (nSPS) is 10.5. The summed E-state index contributed by atoms with van der Waals surface area (Å²) in [7, 11) is 1.57. The van der Waals surface area contributed by atoms with Gasteiger partial charge in [0, 0.05) is 29.8 Å². The van der Waals surface area contributed by atoms with Crippen molar-refractivity contribution in [1.82, 2.24) is 9.55 Å². The van der Waals surface area contributed by atoms with E-state index in [1.54, 1.807) is 48.3 Å². The van der Waals surface area contributed by atoms with Crippen molar-refractivity contribution in [2.24, 2.45) is 0 Å². The molecule has 0 fully saturated rings. The molecule has 0 unspecified atom stereocenters. The summed E-state index contributed by atoms with van der Waals surface area (Å²) in [5.41, 5.74) is 3.43. The van der Waals surface area contributed by atoms with Crippen LogP contribution in [0.25, 0.3) is 5.69 Å². The third-order valence-corrected chi connectivity index (χ3v) is 5.23. The summed E-state index contributed by atoms with van der Waals surface area (Å²) in [4.78, 5) is 29.1. The van der Waals surface area contributed by atoms with Gasteiger partial charge in [-0.2, -0.15) is 0 Å². The van der Waals surface area contributed by atoms with Crippen molar-refractivity contribution in [1.29, 1.82) is 0 Å². The van der Waals surface area contributed by atoms with E-state index in [-0.39, 0.29) is 22.2 Å². The van der Waals surface area contributed by atoms with Gasteiger partial charge in [-0.25, -0.2) is 4.98 Å². The maximum absolute atomic E-state index is 12.8. The van der Waals surface area contributed by atoms with Crippen molar-refractivity contribution in [3.8, 4) is 11.4 Å². The van der Waals surface area contributed by atoms with Gasteiger partial charge in [-0.15, -0.1) is 0 Å². The maximum Gasteiger partial charge on any atom is 0.287 e. The van der Waals surface area contributed by atoms with Gasteiger partial charge < -0.3 is 10.1 Å². The van der Waals surface area contributed by atoms with Crippen molar-refractivity contribution in [3.05, 3.63) is 76.3 Å². The Morgan fingerprint density at radius 1 is 1.18 bits per heavy atom. The van der Waals surface area contributed by atoms with Crippen LogP contribution in [0.4, 0.5) is 5.69 Å². The Balaban J connectivity index is 1.71. The molecule has 0 bridgehead atoms. The lowest BCUT2D eigenvalue weighted by atomic mass is 10.1.